The molecule has 1 aromatic rings. The quantitative estimate of drug-likeness (QED) is 0.841. The minimum atomic E-state index is -0.636. The van der Waals surface area contributed by atoms with Gasteiger partial charge in [0.1, 0.15) is 6.10 Å². The molecule has 0 bridgehead atoms. The molecule has 0 aromatic carbocycles. The molecule has 0 aliphatic heterocycles. The molecule has 1 aliphatic carbocycles. The van der Waals surface area contributed by atoms with Crippen molar-refractivity contribution in [3.63, 3.8) is 0 Å². The second-order valence-corrected chi connectivity index (χ2v) is 5.73. The van der Waals surface area contributed by atoms with E-state index in [2.05, 4.69) is 10.1 Å². The zero-order valence-corrected chi connectivity index (χ0v) is 13.5. The summed E-state index contributed by atoms with van der Waals surface area (Å²) in [5.74, 6) is 1.11. The van der Waals surface area contributed by atoms with Crippen LogP contribution in [0.2, 0.25) is 0 Å². The molecule has 1 aliphatic rings. The summed E-state index contributed by atoms with van der Waals surface area (Å²) in [5, 5.41) is 14.1. The Bertz CT molecular complexity index is 491. The normalized spacial score (nSPS) is 25.2. The third-order valence-corrected chi connectivity index (χ3v) is 4.34. The van der Waals surface area contributed by atoms with Crippen LogP contribution in [0, 0.1) is 0 Å². The lowest BCUT2D eigenvalue weighted by Crippen LogP contribution is -2.52. The number of methoxy groups -OCH3 is 1. The molecule has 1 saturated carbocycles. The maximum Gasteiger partial charge on any atom is 0.227 e. The molecule has 2 rings (SSSR count). The Hall–Kier alpha value is -1.47. The van der Waals surface area contributed by atoms with Gasteiger partial charge in [0.05, 0.1) is 12.1 Å². The van der Waals surface area contributed by atoms with Gasteiger partial charge in [0, 0.05) is 33.4 Å². The van der Waals surface area contributed by atoms with Gasteiger partial charge in [-0.3, -0.25) is 4.79 Å². The number of carbonyl (C=O) groups excluding carboxylic acids is 1. The van der Waals surface area contributed by atoms with Gasteiger partial charge in [0.15, 0.2) is 5.82 Å². The molecule has 1 fully saturated rings. The van der Waals surface area contributed by atoms with Gasteiger partial charge < -0.3 is 19.3 Å². The Labute approximate surface area is 130 Å². The van der Waals surface area contributed by atoms with E-state index in [0.29, 0.717) is 31.0 Å². The highest BCUT2D eigenvalue weighted by Crippen LogP contribution is 2.25. The second-order valence-electron chi connectivity index (χ2n) is 5.73. The molecule has 1 aromatic heterocycles. The van der Waals surface area contributed by atoms with Crippen LogP contribution in [0.5, 0.6) is 0 Å². The third-order valence-electron chi connectivity index (χ3n) is 4.34. The van der Waals surface area contributed by atoms with Crippen molar-refractivity contribution in [1.29, 1.82) is 0 Å². The van der Waals surface area contributed by atoms with Crippen LogP contribution >= 0.6 is 0 Å². The maximum absolute atomic E-state index is 12.3. The average molecular weight is 311 g/mol. The summed E-state index contributed by atoms with van der Waals surface area (Å²) in [7, 11) is 3.33. The van der Waals surface area contributed by atoms with Crippen molar-refractivity contribution < 1.29 is 19.2 Å². The predicted molar refractivity (Wildman–Crippen MR) is 79.2 cm³/mol. The number of aryl methyl sites for hydroxylation is 2. The molecule has 22 heavy (non-hydrogen) atoms. The Morgan fingerprint density at radius 1 is 1.50 bits per heavy atom. The van der Waals surface area contributed by atoms with Gasteiger partial charge >= 0.3 is 0 Å². The second kappa shape index (κ2) is 7.69. The van der Waals surface area contributed by atoms with Gasteiger partial charge in [-0.2, -0.15) is 4.98 Å². The minimum absolute atomic E-state index is 0.0305. The number of hydrogen-bond donors (Lipinski definition) is 1. The lowest BCUT2D eigenvalue weighted by molar-refractivity contribution is -0.140. The fraction of sp³-hybridized carbons (Fsp3) is 0.800. The van der Waals surface area contributed by atoms with E-state index in [1.807, 2.05) is 6.92 Å². The molecule has 0 unspecified atom stereocenters. The number of hydrogen-bond acceptors (Lipinski definition) is 6. The van der Waals surface area contributed by atoms with E-state index < -0.39 is 6.10 Å². The first-order chi connectivity index (χ1) is 10.6. The van der Waals surface area contributed by atoms with Gasteiger partial charge in [0.2, 0.25) is 11.8 Å². The zero-order chi connectivity index (χ0) is 16.1. The molecular formula is C15H25N3O4. The topological polar surface area (TPSA) is 88.7 Å². The zero-order valence-electron chi connectivity index (χ0n) is 13.5. The minimum Gasteiger partial charge on any atom is -0.388 e. The first kappa shape index (κ1) is 16.9. The van der Waals surface area contributed by atoms with Crippen LogP contribution in [0.15, 0.2) is 4.52 Å². The number of aromatic nitrogens is 2. The Morgan fingerprint density at radius 2 is 2.27 bits per heavy atom. The number of aliphatic hydroxyl groups excluding tert-OH is 1. The summed E-state index contributed by atoms with van der Waals surface area (Å²) in [6.07, 6.45) is 3.17. The number of amides is 1. The molecule has 1 amide bonds. The van der Waals surface area contributed by atoms with Crippen LogP contribution in [0.1, 0.15) is 44.3 Å². The van der Waals surface area contributed by atoms with Crippen LogP contribution in [0.25, 0.3) is 0 Å². The van der Waals surface area contributed by atoms with Crippen molar-refractivity contribution >= 4 is 5.91 Å². The maximum atomic E-state index is 12.3. The standard InChI is InChI=1S/C15H25N3O4/c1-4-12-16-13(22-17-12)8-9-14(19)18(2)10-6-5-7-11(21-3)15(10)20/h10-11,15,20H,4-9H2,1-3H3/t10-,11-,15-/m1/s1. The van der Waals surface area contributed by atoms with E-state index in [0.717, 1.165) is 19.3 Å². The smallest absolute Gasteiger partial charge is 0.227 e. The number of carbonyl (C=O) groups is 1. The highest BCUT2D eigenvalue weighted by Gasteiger charge is 2.35. The molecule has 3 atom stereocenters. The van der Waals surface area contributed by atoms with Crippen molar-refractivity contribution in [2.24, 2.45) is 0 Å². The Balaban J connectivity index is 1.88. The van der Waals surface area contributed by atoms with Gasteiger partial charge in [-0.1, -0.05) is 12.1 Å². The molecule has 1 N–H and O–H groups in total. The van der Waals surface area contributed by atoms with Crippen LogP contribution in [0.3, 0.4) is 0 Å². The summed E-state index contributed by atoms with van der Waals surface area (Å²) in [6, 6.07) is -0.194. The van der Waals surface area contributed by atoms with Crippen molar-refractivity contribution in [3.8, 4) is 0 Å². The Kier molecular flexibility index (Phi) is 5.90. The van der Waals surface area contributed by atoms with E-state index in [9.17, 15) is 9.90 Å². The van der Waals surface area contributed by atoms with Gasteiger partial charge in [0.25, 0.3) is 0 Å². The van der Waals surface area contributed by atoms with E-state index >= 15 is 0 Å². The van der Waals surface area contributed by atoms with Crippen molar-refractivity contribution in [2.45, 2.75) is 63.7 Å². The molecule has 7 nitrogen and oxygen atoms in total. The van der Waals surface area contributed by atoms with Crippen LogP contribution in [-0.4, -0.2) is 58.5 Å². The SMILES string of the molecule is CCc1noc(CCC(=O)N(C)[C@@H]2CCC[C@@H](OC)[C@@H]2O)n1. The predicted octanol–water partition coefficient (Wildman–Crippen LogP) is 0.951. The summed E-state index contributed by atoms with van der Waals surface area (Å²) in [4.78, 5) is 18.1. The van der Waals surface area contributed by atoms with E-state index in [1.54, 1.807) is 19.1 Å². The van der Waals surface area contributed by atoms with E-state index in [4.69, 9.17) is 9.26 Å². The number of rotatable bonds is 6. The number of ether oxygens (including phenoxy) is 1. The van der Waals surface area contributed by atoms with E-state index in [-0.39, 0.29) is 18.1 Å². The number of aliphatic hydroxyl groups is 1. The van der Waals surface area contributed by atoms with E-state index in [1.165, 1.54) is 0 Å². The molecule has 1 heterocycles. The van der Waals surface area contributed by atoms with Crippen LogP contribution < -0.4 is 0 Å². The van der Waals surface area contributed by atoms with Gasteiger partial charge in [-0.15, -0.1) is 0 Å². The lowest BCUT2D eigenvalue weighted by atomic mass is 9.89. The molecule has 0 radical (unpaired) electrons. The molecule has 0 spiro atoms. The fourth-order valence-electron chi connectivity index (χ4n) is 2.91. The molecule has 7 heteroatoms. The van der Waals surface area contributed by atoms with Gasteiger partial charge in [-0.25, -0.2) is 0 Å². The molecule has 0 saturated heterocycles. The summed E-state index contributed by atoms with van der Waals surface area (Å²) < 4.78 is 10.4. The first-order valence-corrected chi connectivity index (χ1v) is 7.84. The summed E-state index contributed by atoms with van der Waals surface area (Å²) in [6.45, 7) is 1.95. The van der Waals surface area contributed by atoms with Gasteiger partial charge in [-0.05, 0) is 19.3 Å². The monoisotopic (exact) mass is 311 g/mol. The third kappa shape index (κ3) is 3.84. The summed E-state index contributed by atoms with van der Waals surface area (Å²) >= 11 is 0. The number of likely N-dealkylation sites (N-methyl/N-ethyl adjacent to an activating group) is 1. The molecule has 124 valence electrons. The van der Waals surface area contributed by atoms with Crippen LogP contribution in [0.4, 0.5) is 0 Å². The highest BCUT2D eigenvalue weighted by atomic mass is 16.5. The lowest BCUT2D eigenvalue weighted by Gasteiger charge is -2.39. The highest BCUT2D eigenvalue weighted by molar-refractivity contribution is 5.76. The largest absolute Gasteiger partial charge is 0.388 e. The van der Waals surface area contributed by atoms with Crippen molar-refractivity contribution in [1.82, 2.24) is 15.0 Å². The van der Waals surface area contributed by atoms with Crippen molar-refractivity contribution in [2.75, 3.05) is 14.2 Å². The summed E-state index contributed by atoms with van der Waals surface area (Å²) in [5.41, 5.74) is 0. The first-order valence-electron chi connectivity index (χ1n) is 7.84. The fourth-order valence-corrected chi connectivity index (χ4v) is 2.91. The number of nitrogens with zero attached hydrogens (tertiary/aromatic N) is 3. The molecular weight excluding hydrogens is 286 g/mol. The van der Waals surface area contributed by atoms with Crippen LogP contribution in [-0.2, 0) is 22.4 Å². The average Bonchev–Trinajstić information content (AvgIpc) is 3.00. The van der Waals surface area contributed by atoms with Crippen molar-refractivity contribution in [3.05, 3.63) is 11.7 Å². The Morgan fingerprint density at radius 3 is 2.91 bits per heavy atom.